The van der Waals surface area contributed by atoms with Gasteiger partial charge in [-0.2, -0.15) is 0 Å². The van der Waals surface area contributed by atoms with Gasteiger partial charge in [-0.3, -0.25) is 4.79 Å². The summed E-state index contributed by atoms with van der Waals surface area (Å²) < 4.78 is 16.4. The van der Waals surface area contributed by atoms with Gasteiger partial charge >= 0.3 is 11.7 Å². The first kappa shape index (κ1) is 11.9. The molecule has 1 unspecified atom stereocenters. The fraction of sp³-hybridized carbons (Fsp3) is 0.250. The van der Waals surface area contributed by atoms with E-state index >= 15 is 0 Å². The third-order valence-corrected chi connectivity index (χ3v) is 3.10. The van der Waals surface area contributed by atoms with Gasteiger partial charge in [0.1, 0.15) is 5.58 Å². The van der Waals surface area contributed by atoms with Crippen LogP contribution in [0, 0.1) is 0 Å². The smallest absolute Gasteiger partial charge is 0.454 e. The number of rotatable bonds is 3. The highest BCUT2D eigenvalue weighted by Crippen LogP contribution is 2.22. The van der Waals surface area contributed by atoms with E-state index < -0.39 is 11.9 Å². The molecule has 17 heavy (non-hydrogen) atoms. The molecule has 0 amide bonds. The minimum Gasteiger partial charge on any atom is -0.454 e. The minimum atomic E-state index is -0.505. The number of hydrogen-bond donors (Lipinski definition) is 1. The highest BCUT2D eigenvalue weighted by atomic mass is 32.1. The summed E-state index contributed by atoms with van der Waals surface area (Å²) in [6.07, 6.45) is 0. The number of para-hydroxylation sites is 1. The molecule has 4 nitrogen and oxygen atoms in total. The molecular formula is C12H11O4S+. The van der Waals surface area contributed by atoms with Crippen LogP contribution in [0.4, 0.5) is 0 Å². The Bertz CT molecular complexity index is 617. The first-order valence-electron chi connectivity index (χ1n) is 5.13. The molecule has 1 atom stereocenters. The van der Waals surface area contributed by atoms with Crippen molar-refractivity contribution in [1.29, 1.82) is 0 Å². The molecule has 1 aromatic carbocycles. The molecule has 0 bridgehead atoms. The van der Waals surface area contributed by atoms with E-state index in [9.17, 15) is 14.1 Å². The molecule has 2 rings (SSSR count). The summed E-state index contributed by atoms with van der Waals surface area (Å²) in [6.45, 7) is 1.22. The molecule has 0 saturated heterocycles. The lowest BCUT2D eigenvalue weighted by Crippen LogP contribution is -2.14. The summed E-state index contributed by atoms with van der Waals surface area (Å²) >= 11 is 0.331. The van der Waals surface area contributed by atoms with Gasteiger partial charge in [0.15, 0.2) is 11.2 Å². The zero-order chi connectivity index (χ0) is 12.4. The third kappa shape index (κ3) is 1.99. The fourth-order valence-corrected chi connectivity index (χ4v) is 2.00. The van der Waals surface area contributed by atoms with Crippen molar-refractivity contribution in [3.05, 3.63) is 45.8 Å². The Morgan fingerprint density at radius 2 is 2.12 bits per heavy atom. The number of aliphatic hydroxyl groups is 1. The Balaban J connectivity index is 2.84. The van der Waals surface area contributed by atoms with Crippen LogP contribution in [0.5, 0.6) is 0 Å². The first-order chi connectivity index (χ1) is 8.19. The predicted molar refractivity (Wildman–Crippen MR) is 64.9 cm³/mol. The predicted octanol–water partition coefficient (Wildman–Crippen LogP) is 1.77. The van der Waals surface area contributed by atoms with Crippen LogP contribution in [0.3, 0.4) is 0 Å². The van der Waals surface area contributed by atoms with E-state index in [0.29, 0.717) is 22.6 Å². The highest BCUT2D eigenvalue weighted by molar-refractivity contribution is 7.65. The summed E-state index contributed by atoms with van der Waals surface area (Å²) in [5.74, 6) is 0.260. The van der Waals surface area contributed by atoms with Crippen LogP contribution in [0.25, 0.3) is 11.0 Å². The molecule has 1 N–H and O–H groups in total. The van der Waals surface area contributed by atoms with E-state index in [0.717, 1.165) is 0 Å². The van der Waals surface area contributed by atoms with Crippen molar-refractivity contribution in [2.75, 3.05) is 0 Å². The SMILES string of the molecule is CC([S+]=O)c1oc2ccccc2c(=O)c1CO. The van der Waals surface area contributed by atoms with E-state index in [4.69, 9.17) is 4.42 Å². The molecule has 5 heteroatoms. The van der Waals surface area contributed by atoms with Crippen LogP contribution in [0.1, 0.15) is 23.5 Å². The second kappa shape index (κ2) is 4.73. The van der Waals surface area contributed by atoms with Crippen molar-refractivity contribution in [3.8, 4) is 0 Å². The molecule has 0 fully saturated rings. The zero-order valence-corrected chi connectivity index (χ0v) is 9.99. The van der Waals surface area contributed by atoms with Gasteiger partial charge in [0.25, 0.3) is 5.25 Å². The molecule has 0 aliphatic heterocycles. The zero-order valence-electron chi connectivity index (χ0n) is 9.17. The van der Waals surface area contributed by atoms with Crippen molar-refractivity contribution in [2.24, 2.45) is 0 Å². The Morgan fingerprint density at radius 1 is 1.41 bits per heavy atom. The Hall–Kier alpha value is -1.59. The van der Waals surface area contributed by atoms with E-state index in [1.807, 2.05) is 0 Å². The average Bonchev–Trinajstić information content (AvgIpc) is 2.37. The molecule has 88 valence electrons. The quantitative estimate of drug-likeness (QED) is 0.844. The van der Waals surface area contributed by atoms with Crippen molar-refractivity contribution >= 4 is 22.6 Å². The highest BCUT2D eigenvalue weighted by Gasteiger charge is 2.27. The molecule has 0 spiro atoms. The topological polar surface area (TPSA) is 67.5 Å². The van der Waals surface area contributed by atoms with Crippen molar-refractivity contribution < 1.29 is 13.7 Å². The molecule has 1 heterocycles. The van der Waals surface area contributed by atoms with Gasteiger partial charge in [-0.25, -0.2) is 0 Å². The van der Waals surface area contributed by atoms with Gasteiger partial charge in [0.2, 0.25) is 0 Å². The molecular weight excluding hydrogens is 240 g/mol. The van der Waals surface area contributed by atoms with Gasteiger partial charge < -0.3 is 9.52 Å². The number of fused-ring (bicyclic) bond motifs is 1. The second-order valence-electron chi connectivity index (χ2n) is 3.67. The summed E-state index contributed by atoms with van der Waals surface area (Å²) in [7, 11) is 0. The van der Waals surface area contributed by atoms with Gasteiger partial charge in [-0.1, -0.05) is 12.1 Å². The monoisotopic (exact) mass is 251 g/mol. The van der Waals surface area contributed by atoms with Gasteiger partial charge in [0, 0.05) is 11.1 Å². The lowest BCUT2D eigenvalue weighted by atomic mass is 10.1. The molecule has 0 aliphatic rings. The summed E-state index contributed by atoms with van der Waals surface area (Å²) in [6, 6.07) is 6.79. The maximum absolute atomic E-state index is 12.1. The normalized spacial score (nSPS) is 12.6. The van der Waals surface area contributed by atoms with Crippen molar-refractivity contribution in [3.63, 3.8) is 0 Å². The maximum Gasteiger partial charge on any atom is 0.470 e. The van der Waals surface area contributed by atoms with Crippen LogP contribution < -0.4 is 5.43 Å². The molecule has 2 aromatic rings. The third-order valence-electron chi connectivity index (χ3n) is 2.59. The number of aliphatic hydroxyl groups excluding tert-OH is 1. The van der Waals surface area contributed by atoms with Gasteiger partial charge in [0.05, 0.1) is 17.6 Å². The van der Waals surface area contributed by atoms with Gasteiger partial charge in [-0.15, -0.1) is 0 Å². The van der Waals surface area contributed by atoms with Gasteiger partial charge in [-0.05, 0) is 12.1 Å². The van der Waals surface area contributed by atoms with Crippen LogP contribution in [-0.4, -0.2) is 5.11 Å². The van der Waals surface area contributed by atoms with Crippen molar-refractivity contribution in [2.45, 2.75) is 18.8 Å². The molecule has 0 radical (unpaired) electrons. The molecule has 0 aliphatic carbocycles. The van der Waals surface area contributed by atoms with E-state index in [-0.39, 0.29) is 16.8 Å². The Labute approximate surface area is 101 Å². The van der Waals surface area contributed by atoms with Crippen LogP contribution in [0.2, 0.25) is 0 Å². The lowest BCUT2D eigenvalue weighted by Gasteiger charge is -2.05. The summed E-state index contributed by atoms with van der Waals surface area (Å²) in [5.41, 5.74) is 0.329. The summed E-state index contributed by atoms with van der Waals surface area (Å²) in [4.78, 5) is 12.1. The van der Waals surface area contributed by atoms with Crippen LogP contribution in [-0.2, 0) is 22.5 Å². The van der Waals surface area contributed by atoms with E-state index in [1.165, 1.54) is 0 Å². The first-order valence-corrected chi connectivity index (χ1v) is 5.93. The van der Waals surface area contributed by atoms with Crippen LogP contribution in [0.15, 0.2) is 33.5 Å². The van der Waals surface area contributed by atoms with E-state index in [1.54, 1.807) is 31.2 Å². The van der Waals surface area contributed by atoms with Crippen molar-refractivity contribution in [1.82, 2.24) is 0 Å². The van der Waals surface area contributed by atoms with Crippen LogP contribution >= 0.6 is 0 Å². The Morgan fingerprint density at radius 3 is 2.76 bits per heavy atom. The largest absolute Gasteiger partial charge is 0.470 e. The average molecular weight is 251 g/mol. The molecule has 1 aromatic heterocycles. The summed E-state index contributed by atoms with van der Waals surface area (Å²) in [5, 5.41) is 9.15. The standard InChI is InChI=1S/C12H11O4S/c1-7(17-15)12-9(6-13)11(14)8-4-2-3-5-10(8)16-12/h2-5,7,13H,6H2,1H3/q+1. The second-order valence-corrected chi connectivity index (χ2v) is 4.57. The minimum absolute atomic E-state index is 0.166. The maximum atomic E-state index is 12.1. The van der Waals surface area contributed by atoms with E-state index in [2.05, 4.69) is 0 Å². The fourth-order valence-electron chi connectivity index (χ4n) is 1.72. The lowest BCUT2D eigenvalue weighted by molar-refractivity contribution is 0.274. The Kier molecular flexibility index (Phi) is 3.31. The number of benzene rings is 1. The number of hydrogen-bond acceptors (Lipinski definition) is 4. The molecule has 0 saturated carbocycles.